The number of rotatable bonds is 4. The third-order valence-corrected chi connectivity index (χ3v) is 3.40. The molecule has 6 heteroatoms. The Kier molecular flexibility index (Phi) is 4.95. The Morgan fingerprint density at radius 3 is 2.35 bits per heavy atom. The van der Waals surface area contributed by atoms with Crippen LogP contribution in [0.2, 0.25) is 0 Å². The highest BCUT2D eigenvalue weighted by atomic mass is 16.6. The Labute approximate surface area is 117 Å². The molecule has 112 valence electrons. The summed E-state index contributed by atoms with van der Waals surface area (Å²) in [7, 11) is 1.59. The molecule has 2 rings (SSSR count). The summed E-state index contributed by atoms with van der Waals surface area (Å²) in [6.07, 6.45) is -5.12. The van der Waals surface area contributed by atoms with Crippen molar-refractivity contribution in [2.45, 2.75) is 44.2 Å². The highest BCUT2D eigenvalue weighted by molar-refractivity contribution is 5.26. The molecule has 0 aromatic heterocycles. The molecule has 1 aromatic rings. The fraction of sp³-hybridized carbons (Fsp3) is 0.571. The number of hydrogen-bond acceptors (Lipinski definition) is 6. The lowest BCUT2D eigenvalue weighted by molar-refractivity contribution is -0.287. The molecule has 5 atom stereocenters. The quantitative estimate of drug-likeness (QED) is 0.723. The number of hydrogen-bond donors (Lipinski definition) is 3. The fourth-order valence-corrected chi connectivity index (χ4v) is 2.12. The molecule has 20 heavy (non-hydrogen) atoms. The van der Waals surface area contributed by atoms with E-state index in [4.69, 9.17) is 14.2 Å². The Hall–Kier alpha value is -1.18. The van der Waals surface area contributed by atoms with Crippen molar-refractivity contribution in [1.82, 2.24) is 0 Å². The van der Waals surface area contributed by atoms with E-state index in [2.05, 4.69) is 0 Å². The molecule has 6 nitrogen and oxygen atoms in total. The summed E-state index contributed by atoms with van der Waals surface area (Å²) in [6.45, 7) is 1.83. The van der Waals surface area contributed by atoms with Gasteiger partial charge in [-0.15, -0.1) is 0 Å². The third kappa shape index (κ3) is 3.28. The highest BCUT2D eigenvalue weighted by Crippen LogP contribution is 2.23. The lowest BCUT2D eigenvalue weighted by Gasteiger charge is -2.39. The minimum Gasteiger partial charge on any atom is -0.497 e. The van der Waals surface area contributed by atoms with Gasteiger partial charge in [-0.3, -0.25) is 0 Å². The van der Waals surface area contributed by atoms with Gasteiger partial charge in [0.05, 0.1) is 19.8 Å². The van der Waals surface area contributed by atoms with Crippen LogP contribution in [0.5, 0.6) is 5.75 Å². The summed E-state index contributed by atoms with van der Waals surface area (Å²) in [4.78, 5) is 0. The molecule has 0 amide bonds. The van der Waals surface area contributed by atoms with E-state index in [0.29, 0.717) is 0 Å². The number of aliphatic hydroxyl groups excluding tert-OH is 3. The van der Waals surface area contributed by atoms with Crippen molar-refractivity contribution in [2.75, 3.05) is 7.11 Å². The SMILES string of the molecule is COc1ccc(CO[C@@H]2[C@H](O)[C@H](C)O[C@@H](O)[C@H]2O)cc1. The molecular formula is C14H20O6. The van der Waals surface area contributed by atoms with Gasteiger partial charge < -0.3 is 29.5 Å². The van der Waals surface area contributed by atoms with Crippen LogP contribution in [0, 0.1) is 0 Å². The van der Waals surface area contributed by atoms with E-state index in [1.54, 1.807) is 26.2 Å². The first kappa shape index (κ1) is 15.2. The summed E-state index contributed by atoms with van der Waals surface area (Å²) in [5.41, 5.74) is 0.874. The van der Waals surface area contributed by atoms with Crippen molar-refractivity contribution in [3.8, 4) is 5.75 Å². The van der Waals surface area contributed by atoms with E-state index in [1.165, 1.54) is 0 Å². The first-order valence-electron chi connectivity index (χ1n) is 6.47. The van der Waals surface area contributed by atoms with Gasteiger partial charge in [-0.05, 0) is 24.6 Å². The van der Waals surface area contributed by atoms with Crippen LogP contribution in [0.15, 0.2) is 24.3 Å². The van der Waals surface area contributed by atoms with Crippen molar-refractivity contribution in [3.05, 3.63) is 29.8 Å². The monoisotopic (exact) mass is 284 g/mol. The molecule has 1 aliphatic rings. The molecule has 3 N–H and O–H groups in total. The average Bonchev–Trinajstić information content (AvgIpc) is 2.46. The van der Waals surface area contributed by atoms with E-state index < -0.39 is 30.7 Å². The van der Waals surface area contributed by atoms with Crippen LogP contribution in [-0.2, 0) is 16.1 Å². The first-order valence-corrected chi connectivity index (χ1v) is 6.47. The minimum absolute atomic E-state index is 0.211. The molecule has 1 aromatic carbocycles. The second-order valence-corrected chi connectivity index (χ2v) is 4.84. The maximum absolute atomic E-state index is 9.94. The van der Waals surface area contributed by atoms with Crippen molar-refractivity contribution < 1.29 is 29.5 Å². The van der Waals surface area contributed by atoms with Crippen molar-refractivity contribution in [3.63, 3.8) is 0 Å². The van der Waals surface area contributed by atoms with Crippen LogP contribution in [0.3, 0.4) is 0 Å². The Morgan fingerprint density at radius 1 is 1.10 bits per heavy atom. The van der Waals surface area contributed by atoms with Gasteiger partial charge in [-0.2, -0.15) is 0 Å². The summed E-state index contributed by atoms with van der Waals surface area (Å²) >= 11 is 0. The van der Waals surface area contributed by atoms with E-state index in [-0.39, 0.29) is 6.61 Å². The molecule has 1 heterocycles. The third-order valence-electron chi connectivity index (χ3n) is 3.40. The largest absolute Gasteiger partial charge is 0.497 e. The number of aliphatic hydroxyl groups is 3. The van der Waals surface area contributed by atoms with Crippen molar-refractivity contribution in [1.29, 1.82) is 0 Å². The smallest absolute Gasteiger partial charge is 0.183 e. The Morgan fingerprint density at radius 2 is 1.75 bits per heavy atom. The zero-order valence-electron chi connectivity index (χ0n) is 11.5. The molecule has 0 bridgehead atoms. The van der Waals surface area contributed by atoms with E-state index in [1.807, 2.05) is 12.1 Å². The molecule has 0 saturated carbocycles. The zero-order chi connectivity index (χ0) is 14.7. The lowest BCUT2D eigenvalue weighted by atomic mass is 10.00. The highest BCUT2D eigenvalue weighted by Gasteiger charge is 2.42. The number of methoxy groups -OCH3 is 1. The average molecular weight is 284 g/mol. The summed E-state index contributed by atoms with van der Waals surface area (Å²) in [5, 5.41) is 29.3. The summed E-state index contributed by atoms with van der Waals surface area (Å²) in [5.74, 6) is 0.740. The van der Waals surface area contributed by atoms with E-state index in [0.717, 1.165) is 11.3 Å². The minimum atomic E-state index is -1.35. The maximum atomic E-state index is 9.94. The molecule has 1 aliphatic heterocycles. The molecule has 0 radical (unpaired) electrons. The predicted octanol–water partition coefficient (Wildman–Crippen LogP) is 0.0393. The number of ether oxygens (including phenoxy) is 3. The molecule has 0 spiro atoms. The van der Waals surface area contributed by atoms with Gasteiger partial charge in [-0.1, -0.05) is 12.1 Å². The summed E-state index contributed by atoms with van der Waals surface area (Å²) in [6, 6.07) is 7.26. The van der Waals surface area contributed by atoms with Gasteiger partial charge in [0, 0.05) is 0 Å². The predicted molar refractivity (Wildman–Crippen MR) is 70.1 cm³/mol. The second kappa shape index (κ2) is 6.51. The van der Waals surface area contributed by atoms with Crippen LogP contribution < -0.4 is 4.74 Å². The Bertz CT molecular complexity index is 406. The normalized spacial score (nSPS) is 34.0. The van der Waals surface area contributed by atoms with Gasteiger partial charge in [0.2, 0.25) is 0 Å². The van der Waals surface area contributed by atoms with Crippen LogP contribution >= 0.6 is 0 Å². The van der Waals surface area contributed by atoms with Gasteiger partial charge in [0.15, 0.2) is 6.29 Å². The lowest BCUT2D eigenvalue weighted by Crippen LogP contribution is -2.57. The topological polar surface area (TPSA) is 88.4 Å². The molecular weight excluding hydrogens is 264 g/mol. The van der Waals surface area contributed by atoms with Gasteiger partial charge in [-0.25, -0.2) is 0 Å². The van der Waals surface area contributed by atoms with E-state index >= 15 is 0 Å². The van der Waals surface area contributed by atoms with Crippen molar-refractivity contribution >= 4 is 0 Å². The standard InChI is InChI=1S/C14H20O6/c1-8-11(15)13(12(16)14(17)20-8)19-7-9-3-5-10(18-2)6-4-9/h3-6,8,11-17H,7H2,1-2H3/t8-,11+,12-,13+,14+/m0/s1. The van der Waals surface area contributed by atoms with Crippen LogP contribution in [0.4, 0.5) is 0 Å². The number of benzene rings is 1. The van der Waals surface area contributed by atoms with Crippen molar-refractivity contribution in [2.24, 2.45) is 0 Å². The van der Waals surface area contributed by atoms with Gasteiger partial charge >= 0.3 is 0 Å². The van der Waals surface area contributed by atoms with Crippen LogP contribution in [-0.4, -0.2) is 53.1 Å². The molecule has 1 saturated heterocycles. The van der Waals surface area contributed by atoms with Crippen LogP contribution in [0.25, 0.3) is 0 Å². The molecule has 1 fully saturated rings. The van der Waals surface area contributed by atoms with E-state index in [9.17, 15) is 15.3 Å². The summed E-state index contributed by atoms with van der Waals surface area (Å²) < 4.78 is 15.6. The maximum Gasteiger partial charge on any atom is 0.183 e. The molecule has 0 unspecified atom stereocenters. The second-order valence-electron chi connectivity index (χ2n) is 4.84. The fourth-order valence-electron chi connectivity index (χ4n) is 2.12. The molecule has 0 aliphatic carbocycles. The van der Waals surface area contributed by atoms with Crippen LogP contribution in [0.1, 0.15) is 12.5 Å². The van der Waals surface area contributed by atoms with Gasteiger partial charge in [0.25, 0.3) is 0 Å². The van der Waals surface area contributed by atoms with Gasteiger partial charge in [0.1, 0.15) is 24.1 Å². The Balaban J connectivity index is 1.97. The zero-order valence-corrected chi connectivity index (χ0v) is 11.5. The first-order chi connectivity index (χ1) is 9.52.